The first kappa shape index (κ1) is 17.0. The van der Waals surface area contributed by atoms with Crippen molar-refractivity contribution in [2.75, 3.05) is 18.6 Å². The first-order chi connectivity index (χ1) is 12.0. The summed E-state index contributed by atoms with van der Waals surface area (Å²) in [6, 6.07) is 12.5. The average molecular weight is 338 g/mol. The van der Waals surface area contributed by atoms with Gasteiger partial charge in [-0.15, -0.1) is 0 Å². The van der Waals surface area contributed by atoms with Gasteiger partial charge in [-0.1, -0.05) is 18.2 Å². The number of hydrogen-bond donors (Lipinski definition) is 1. The summed E-state index contributed by atoms with van der Waals surface area (Å²) >= 11 is 0. The van der Waals surface area contributed by atoms with Crippen LogP contribution in [0, 0.1) is 13.8 Å². The smallest absolute Gasteiger partial charge is 0.255 e. The number of benzene rings is 2. The Morgan fingerprint density at radius 2 is 1.84 bits per heavy atom. The van der Waals surface area contributed by atoms with Crippen molar-refractivity contribution in [1.29, 1.82) is 0 Å². The van der Waals surface area contributed by atoms with Crippen molar-refractivity contribution in [3.63, 3.8) is 0 Å². The highest BCUT2D eigenvalue weighted by Crippen LogP contribution is 2.25. The molecule has 1 fully saturated rings. The summed E-state index contributed by atoms with van der Waals surface area (Å²) in [6.07, 6.45) is 0.590. The number of methoxy groups -OCH3 is 1. The number of rotatable bonds is 4. The molecule has 1 aliphatic heterocycles. The van der Waals surface area contributed by atoms with E-state index in [0.717, 1.165) is 16.8 Å². The lowest BCUT2D eigenvalue weighted by Gasteiger charge is -2.19. The highest BCUT2D eigenvalue weighted by Gasteiger charge is 2.34. The van der Waals surface area contributed by atoms with E-state index in [4.69, 9.17) is 4.74 Å². The van der Waals surface area contributed by atoms with E-state index >= 15 is 0 Å². The van der Waals surface area contributed by atoms with Crippen LogP contribution >= 0.6 is 0 Å². The van der Waals surface area contributed by atoms with E-state index in [-0.39, 0.29) is 11.8 Å². The summed E-state index contributed by atoms with van der Waals surface area (Å²) in [4.78, 5) is 27.0. The third-order valence-corrected chi connectivity index (χ3v) is 4.38. The van der Waals surface area contributed by atoms with Gasteiger partial charge in [0.1, 0.15) is 11.8 Å². The zero-order valence-electron chi connectivity index (χ0n) is 14.7. The summed E-state index contributed by atoms with van der Waals surface area (Å²) in [5.41, 5.74) is 3.55. The molecule has 1 atom stereocenters. The SMILES string of the molecule is COc1ccccc1C(=O)N[C@@H]1CCN(c2cc(C)cc(C)c2)C1=O. The number of hydrogen-bond acceptors (Lipinski definition) is 3. The molecule has 0 saturated carbocycles. The molecule has 0 aromatic heterocycles. The van der Waals surface area contributed by atoms with Crippen molar-refractivity contribution in [3.05, 3.63) is 59.2 Å². The van der Waals surface area contributed by atoms with Crippen LogP contribution in [-0.2, 0) is 4.79 Å². The fraction of sp³-hybridized carbons (Fsp3) is 0.300. The van der Waals surface area contributed by atoms with Crippen LogP contribution in [0.1, 0.15) is 27.9 Å². The number of carbonyl (C=O) groups excluding carboxylic acids is 2. The predicted molar refractivity (Wildman–Crippen MR) is 97.1 cm³/mol. The van der Waals surface area contributed by atoms with E-state index in [1.54, 1.807) is 29.2 Å². The van der Waals surface area contributed by atoms with Gasteiger partial charge in [0.25, 0.3) is 5.91 Å². The zero-order chi connectivity index (χ0) is 18.0. The van der Waals surface area contributed by atoms with Crippen molar-refractivity contribution < 1.29 is 14.3 Å². The molecule has 130 valence electrons. The Hall–Kier alpha value is -2.82. The monoisotopic (exact) mass is 338 g/mol. The number of carbonyl (C=O) groups is 2. The Morgan fingerprint density at radius 3 is 2.52 bits per heavy atom. The van der Waals surface area contributed by atoms with Crippen LogP contribution in [0.15, 0.2) is 42.5 Å². The second-order valence-electron chi connectivity index (χ2n) is 6.35. The molecule has 1 aliphatic rings. The second-order valence-corrected chi connectivity index (χ2v) is 6.35. The highest BCUT2D eigenvalue weighted by molar-refractivity contribution is 6.04. The van der Waals surface area contributed by atoms with E-state index in [1.165, 1.54) is 7.11 Å². The van der Waals surface area contributed by atoms with Gasteiger partial charge >= 0.3 is 0 Å². The molecule has 0 aliphatic carbocycles. The van der Waals surface area contributed by atoms with Crippen molar-refractivity contribution >= 4 is 17.5 Å². The average Bonchev–Trinajstić information content (AvgIpc) is 2.94. The van der Waals surface area contributed by atoms with E-state index < -0.39 is 6.04 Å². The van der Waals surface area contributed by atoms with Crippen LogP contribution in [0.2, 0.25) is 0 Å². The maximum Gasteiger partial charge on any atom is 0.255 e. The summed E-state index contributed by atoms with van der Waals surface area (Å²) in [5.74, 6) is 0.128. The third kappa shape index (κ3) is 3.50. The molecule has 0 unspecified atom stereocenters. The fourth-order valence-electron chi connectivity index (χ4n) is 3.24. The molecule has 25 heavy (non-hydrogen) atoms. The van der Waals surface area contributed by atoms with E-state index in [2.05, 4.69) is 11.4 Å². The first-order valence-electron chi connectivity index (χ1n) is 8.33. The van der Waals surface area contributed by atoms with Crippen LogP contribution in [-0.4, -0.2) is 31.5 Å². The van der Waals surface area contributed by atoms with Crippen LogP contribution in [0.25, 0.3) is 0 Å². The number of aryl methyl sites for hydroxylation is 2. The van der Waals surface area contributed by atoms with Crippen LogP contribution in [0.4, 0.5) is 5.69 Å². The summed E-state index contributed by atoms with van der Waals surface area (Å²) < 4.78 is 5.22. The minimum atomic E-state index is -0.516. The minimum Gasteiger partial charge on any atom is -0.496 e. The van der Waals surface area contributed by atoms with Gasteiger partial charge in [0.15, 0.2) is 0 Å². The predicted octanol–water partition coefficient (Wildman–Crippen LogP) is 2.85. The minimum absolute atomic E-state index is 0.0757. The zero-order valence-corrected chi connectivity index (χ0v) is 14.7. The Balaban J connectivity index is 1.75. The molecule has 5 nitrogen and oxygen atoms in total. The van der Waals surface area contributed by atoms with Crippen LogP contribution in [0.5, 0.6) is 5.75 Å². The van der Waals surface area contributed by atoms with Gasteiger partial charge < -0.3 is 15.0 Å². The Bertz CT molecular complexity index is 796. The number of para-hydroxylation sites is 1. The summed E-state index contributed by atoms with van der Waals surface area (Å²) in [7, 11) is 1.52. The molecular weight excluding hydrogens is 316 g/mol. The van der Waals surface area contributed by atoms with Gasteiger partial charge in [-0.25, -0.2) is 0 Å². The van der Waals surface area contributed by atoms with Crippen LogP contribution < -0.4 is 15.0 Å². The lowest BCUT2D eigenvalue weighted by Crippen LogP contribution is -2.41. The number of ether oxygens (including phenoxy) is 1. The Kier molecular flexibility index (Phi) is 4.74. The normalized spacial score (nSPS) is 16.8. The molecule has 5 heteroatoms. The van der Waals surface area contributed by atoms with Crippen molar-refractivity contribution in [2.45, 2.75) is 26.3 Å². The topological polar surface area (TPSA) is 58.6 Å². The van der Waals surface area contributed by atoms with Crippen molar-refractivity contribution in [2.24, 2.45) is 0 Å². The van der Waals surface area contributed by atoms with Gasteiger partial charge in [0.2, 0.25) is 5.91 Å². The van der Waals surface area contributed by atoms with Gasteiger partial charge in [-0.3, -0.25) is 9.59 Å². The Morgan fingerprint density at radius 1 is 1.16 bits per heavy atom. The second kappa shape index (κ2) is 6.97. The van der Waals surface area contributed by atoms with E-state index in [9.17, 15) is 9.59 Å². The molecule has 2 aromatic rings. The molecule has 1 N–H and O–H groups in total. The maximum atomic E-state index is 12.7. The molecule has 1 saturated heterocycles. The van der Waals surface area contributed by atoms with Gasteiger partial charge in [0, 0.05) is 12.2 Å². The van der Waals surface area contributed by atoms with Crippen molar-refractivity contribution in [1.82, 2.24) is 5.32 Å². The molecule has 3 rings (SSSR count). The molecule has 0 spiro atoms. The molecule has 1 heterocycles. The molecular formula is C20H22N2O3. The van der Waals surface area contributed by atoms with Crippen molar-refractivity contribution in [3.8, 4) is 5.75 Å². The molecule has 0 bridgehead atoms. The number of nitrogens with zero attached hydrogens (tertiary/aromatic N) is 1. The van der Waals surface area contributed by atoms with Gasteiger partial charge in [-0.05, 0) is 55.7 Å². The highest BCUT2D eigenvalue weighted by atomic mass is 16.5. The molecule has 0 radical (unpaired) electrons. The van der Waals surface area contributed by atoms with E-state index in [1.807, 2.05) is 26.0 Å². The fourth-order valence-corrected chi connectivity index (χ4v) is 3.24. The largest absolute Gasteiger partial charge is 0.496 e. The lowest BCUT2D eigenvalue weighted by atomic mass is 10.1. The number of nitrogens with one attached hydrogen (secondary N) is 1. The van der Waals surface area contributed by atoms with Gasteiger partial charge in [0.05, 0.1) is 12.7 Å². The number of anilines is 1. The maximum absolute atomic E-state index is 12.7. The van der Waals surface area contributed by atoms with E-state index in [0.29, 0.717) is 24.3 Å². The standard InChI is InChI=1S/C20H22N2O3/c1-13-10-14(2)12-15(11-13)22-9-8-17(20(22)24)21-19(23)16-6-4-5-7-18(16)25-3/h4-7,10-12,17H,8-9H2,1-3H3,(H,21,23)/t17-/m1/s1. The summed E-state index contributed by atoms with van der Waals surface area (Å²) in [6.45, 7) is 4.62. The Labute approximate surface area is 147 Å². The quantitative estimate of drug-likeness (QED) is 0.932. The third-order valence-electron chi connectivity index (χ3n) is 4.38. The molecule has 2 aromatic carbocycles. The molecule has 2 amide bonds. The van der Waals surface area contributed by atoms with Crippen LogP contribution in [0.3, 0.4) is 0 Å². The first-order valence-corrected chi connectivity index (χ1v) is 8.33. The lowest BCUT2D eigenvalue weighted by molar-refractivity contribution is -0.118. The summed E-state index contributed by atoms with van der Waals surface area (Å²) in [5, 5.41) is 2.84. The number of amides is 2. The van der Waals surface area contributed by atoms with Gasteiger partial charge in [-0.2, -0.15) is 0 Å².